The van der Waals surface area contributed by atoms with Gasteiger partial charge in [-0.1, -0.05) is 18.6 Å². The first-order valence-corrected chi connectivity index (χ1v) is 6.50. The van der Waals surface area contributed by atoms with Crippen LogP contribution in [0.1, 0.15) is 37.8 Å². The summed E-state index contributed by atoms with van der Waals surface area (Å²) >= 11 is 0. The molecule has 1 aromatic rings. The highest BCUT2D eigenvalue weighted by atomic mass is 16.1. The average molecular weight is 247 g/mol. The van der Waals surface area contributed by atoms with E-state index < -0.39 is 0 Å². The minimum atomic E-state index is -0.217. The van der Waals surface area contributed by atoms with E-state index >= 15 is 0 Å². The number of amides is 1. The van der Waals surface area contributed by atoms with Gasteiger partial charge in [0.05, 0.1) is 6.04 Å². The summed E-state index contributed by atoms with van der Waals surface area (Å²) in [6.45, 7) is 3.03. The summed E-state index contributed by atoms with van der Waals surface area (Å²) in [6, 6.07) is 7.87. The van der Waals surface area contributed by atoms with Crippen LogP contribution in [0.25, 0.3) is 0 Å². The summed E-state index contributed by atoms with van der Waals surface area (Å²) < 4.78 is 0. The Kier molecular flexibility index (Phi) is 3.87. The topological polar surface area (TPSA) is 72.3 Å². The van der Waals surface area contributed by atoms with E-state index in [9.17, 15) is 4.79 Å². The summed E-state index contributed by atoms with van der Waals surface area (Å²) in [5, 5.41) is 0. The van der Waals surface area contributed by atoms with E-state index in [4.69, 9.17) is 11.5 Å². The van der Waals surface area contributed by atoms with Gasteiger partial charge in [0.1, 0.15) is 0 Å². The Bertz CT molecular complexity index is 433. The SMILES string of the molecule is CC(c1cccc(N)c1)N1CCCCC1C(N)=O. The molecule has 4 nitrogen and oxygen atoms in total. The summed E-state index contributed by atoms with van der Waals surface area (Å²) in [6.07, 6.45) is 3.06. The Morgan fingerprint density at radius 1 is 1.44 bits per heavy atom. The number of hydrogen-bond donors (Lipinski definition) is 2. The molecule has 0 aromatic heterocycles. The quantitative estimate of drug-likeness (QED) is 0.798. The van der Waals surface area contributed by atoms with Gasteiger partial charge in [0, 0.05) is 11.7 Å². The second-order valence-electron chi connectivity index (χ2n) is 5.00. The summed E-state index contributed by atoms with van der Waals surface area (Å²) in [5.74, 6) is -0.217. The molecule has 2 rings (SSSR count). The number of nitrogens with two attached hydrogens (primary N) is 2. The molecule has 0 spiro atoms. The fraction of sp³-hybridized carbons (Fsp3) is 0.500. The average Bonchev–Trinajstić information content (AvgIpc) is 2.38. The minimum Gasteiger partial charge on any atom is -0.399 e. The maximum atomic E-state index is 11.5. The van der Waals surface area contributed by atoms with Crippen molar-refractivity contribution in [2.45, 2.75) is 38.3 Å². The molecule has 1 heterocycles. The molecular formula is C14H21N3O. The van der Waals surface area contributed by atoms with Crippen molar-refractivity contribution in [3.63, 3.8) is 0 Å². The fourth-order valence-electron chi connectivity index (χ4n) is 2.73. The van der Waals surface area contributed by atoms with Crippen LogP contribution in [-0.2, 0) is 4.79 Å². The van der Waals surface area contributed by atoms with Crippen LogP contribution in [0.2, 0.25) is 0 Å². The minimum absolute atomic E-state index is 0.143. The molecule has 1 saturated heterocycles. The zero-order chi connectivity index (χ0) is 13.1. The van der Waals surface area contributed by atoms with Gasteiger partial charge in [-0.05, 0) is 44.0 Å². The lowest BCUT2D eigenvalue weighted by atomic mass is 9.96. The lowest BCUT2D eigenvalue weighted by Crippen LogP contribution is -2.48. The molecule has 0 bridgehead atoms. The van der Waals surface area contributed by atoms with E-state index in [-0.39, 0.29) is 18.0 Å². The van der Waals surface area contributed by atoms with Gasteiger partial charge in [0.25, 0.3) is 0 Å². The summed E-state index contributed by atoms with van der Waals surface area (Å²) in [4.78, 5) is 13.7. The molecule has 2 atom stereocenters. The number of likely N-dealkylation sites (tertiary alicyclic amines) is 1. The third-order valence-electron chi connectivity index (χ3n) is 3.76. The molecule has 4 heteroatoms. The lowest BCUT2D eigenvalue weighted by Gasteiger charge is -2.38. The molecule has 1 aromatic carbocycles. The highest BCUT2D eigenvalue weighted by molar-refractivity contribution is 5.80. The second-order valence-corrected chi connectivity index (χ2v) is 5.00. The largest absolute Gasteiger partial charge is 0.399 e. The van der Waals surface area contributed by atoms with Crippen LogP contribution in [0, 0.1) is 0 Å². The summed E-state index contributed by atoms with van der Waals surface area (Å²) in [5.41, 5.74) is 13.2. The standard InChI is InChI=1S/C14H21N3O/c1-10(11-5-4-6-12(15)9-11)17-8-3-2-7-13(17)14(16)18/h4-6,9-10,13H,2-3,7-8,15H2,1H3,(H2,16,18). The maximum absolute atomic E-state index is 11.5. The van der Waals surface area contributed by atoms with Crippen molar-refractivity contribution in [2.75, 3.05) is 12.3 Å². The van der Waals surface area contributed by atoms with Crippen molar-refractivity contribution in [1.82, 2.24) is 4.90 Å². The van der Waals surface area contributed by atoms with Crippen LogP contribution < -0.4 is 11.5 Å². The van der Waals surface area contributed by atoms with Crippen LogP contribution in [0.15, 0.2) is 24.3 Å². The first-order chi connectivity index (χ1) is 8.59. The van der Waals surface area contributed by atoms with Crippen LogP contribution in [0.4, 0.5) is 5.69 Å². The van der Waals surface area contributed by atoms with E-state index in [1.807, 2.05) is 24.3 Å². The first kappa shape index (κ1) is 12.9. The van der Waals surface area contributed by atoms with Gasteiger partial charge in [-0.3, -0.25) is 9.69 Å². The molecule has 1 amide bonds. The lowest BCUT2D eigenvalue weighted by molar-refractivity contribution is -0.125. The number of nitrogens with zero attached hydrogens (tertiary/aromatic N) is 1. The number of benzene rings is 1. The molecule has 1 fully saturated rings. The Morgan fingerprint density at radius 2 is 2.22 bits per heavy atom. The van der Waals surface area contributed by atoms with Gasteiger partial charge < -0.3 is 11.5 Å². The van der Waals surface area contributed by atoms with Gasteiger partial charge in [-0.25, -0.2) is 0 Å². The van der Waals surface area contributed by atoms with Crippen LogP contribution in [-0.4, -0.2) is 23.4 Å². The van der Waals surface area contributed by atoms with Crippen molar-refractivity contribution in [2.24, 2.45) is 5.73 Å². The van der Waals surface area contributed by atoms with Gasteiger partial charge in [-0.15, -0.1) is 0 Å². The first-order valence-electron chi connectivity index (χ1n) is 6.50. The van der Waals surface area contributed by atoms with Crippen LogP contribution >= 0.6 is 0 Å². The number of primary amides is 1. The normalized spacial score (nSPS) is 22.6. The van der Waals surface area contributed by atoms with Gasteiger partial charge in [0.15, 0.2) is 0 Å². The van der Waals surface area contributed by atoms with Crippen molar-refractivity contribution in [1.29, 1.82) is 0 Å². The third-order valence-corrected chi connectivity index (χ3v) is 3.76. The van der Waals surface area contributed by atoms with Crippen molar-refractivity contribution in [3.8, 4) is 0 Å². The van der Waals surface area contributed by atoms with E-state index in [1.54, 1.807) is 0 Å². The number of hydrogen-bond acceptors (Lipinski definition) is 3. The third kappa shape index (κ3) is 2.64. The predicted octanol–water partition coefficient (Wildman–Crippen LogP) is 1.67. The molecule has 18 heavy (non-hydrogen) atoms. The zero-order valence-corrected chi connectivity index (χ0v) is 10.8. The van der Waals surface area contributed by atoms with Gasteiger partial charge >= 0.3 is 0 Å². The number of carbonyl (C=O) groups is 1. The molecule has 1 aliphatic rings. The predicted molar refractivity (Wildman–Crippen MR) is 72.8 cm³/mol. The molecule has 1 aliphatic heterocycles. The molecule has 2 unspecified atom stereocenters. The fourth-order valence-corrected chi connectivity index (χ4v) is 2.73. The number of piperidine rings is 1. The molecule has 98 valence electrons. The van der Waals surface area contributed by atoms with Crippen LogP contribution in [0.5, 0.6) is 0 Å². The number of anilines is 1. The highest BCUT2D eigenvalue weighted by Gasteiger charge is 2.30. The molecule has 4 N–H and O–H groups in total. The molecule has 0 saturated carbocycles. The van der Waals surface area contributed by atoms with E-state index in [0.717, 1.165) is 37.1 Å². The second kappa shape index (κ2) is 5.40. The number of carbonyl (C=O) groups excluding carboxylic acids is 1. The molecule has 0 radical (unpaired) electrons. The van der Waals surface area contributed by atoms with E-state index in [0.29, 0.717) is 0 Å². The Hall–Kier alpha value is -1.55. The monoisotopic (exact) mass is 247 g/mol. The Morgan fingerprint density at radius 3 is 2.89 bits per heavy atom. The van der Waals surface area contributed by atoms with Crippen molar-refractivity contribution in [3.05, 3.63) is 29.8 Å². The van der Waals surface area contributed by atoms with Crippen molar-refractivity contribution < 1.29 is 4.79 Å². The number of nitrogen functional groups attached to an aromatic ring is 1. The molecule has 0 aliphatic carbocycles. The van der Waals surface area contributed by atoms with Crippen LogP contribution in [0.3, 0.4) is 0 Å². The van der Waals surface area contributed by atoms with Gasteiger partial charge in [0.2, 0.25) is 5.91 Å². The Labute approximate surface area is 108 Å². The maximum Gasteiger partial charge on any atom is 0.234 e. The van der Waals surface area contributed by atoms with Crippen molar-refractivity contribution >= 4 is 11.6 Å². The zero-order valence-electron chi connectivity index (χ0n) is 10.8. The highest BCUT2D eigenvalue weighted by Crippen LogP contribution is 2.28. The van der Waals surface area contributed by atoms with E-state index in [1.165, 1.54) is 0 Å². The van der Waals surface area contributed by atoms with E-state index in [2.05, 4.69) is 11.8 Å². The Balaban J connectivity index is 2.20. The number of rotatable bonds is 3. The molecular weight excluding hydrogens is 226 g/mol. The summed E-state index contributed by atoms with van der Waals surface area (Å²) in [7, 11) is 0. The van der Waals surface area contributed by atoms with Gasteiger partial charge in [-0.2, -0.15) is 0 Å². The smallest absolute Gasteiger partial charge is 0.234 e.